The monoisotopic (exact) mass is 284 g/mol. The predicted molar refractivity (Wildman–Crippen MR) is 79.2 cm³/mol. The first-order valence-corrected chi connectivity index (χ1v) is 7.26. The minimum Gasteiger partial charge on any atom is -0.478 e. The molecule has 1 aliphatic carbocycles. The van der Waals surface area contributed by atoms with Gasteiger partial charge >= 0.3 is 5.97 Å². The predicted octanol–water partition coefficient (Wildman–Crippen LogP) is 3.99. The molecule has 21 heavy (non-hydrogen) atoms. The van der Waals surface area contributed by atoms with E-state index in [0.717, 1.165) is 31.2 Å². The Bertz CT molecular complexity index is 692. The molecular weight excluding hydrogens is 267 g/mol. The molecule has 0 saturated carbocycles. The summed E-state index contributed by atoms with van der Waals surface area (Å²) >= 11 is 0. The van der Waals surface area contributed by atoms with E-state index < -0.39 is 5.97 Å². The number of carboxylic acid groups (broad SMARTS) is 1. The van der Waals surface area contributed by atoms with Crippen LogP contribution in [0.5, 0.6) is 0 Å². The minimum absolute atomic E-state index is 0.226. The van der Waals surface area contributed by atoms with Crippen LogP contribution in [0.3, 0.4) is 0 Å². The number of benzene rings is 2. The zero-order valence-corrected chi connectivity index (χ0v) is 11.7. The molecule has 0 radical (unpaired) electrons. The van der Waals surface area contributed by atoms with Crippen molar-refractivity contribution in [1.29, 1.82) is 0 Å². The van der Waals surface area contributed by atoms with Crippen molar-refractivity contribution in [2.45, 2.75) is 32.1 Å². The zero-order valence-electron chi connectivity index (χ0n) is 11.7. The van der Waals surface area contributed by atoms with Gasteiger partial charge in [-0.2, -0.15) is 0 Å². The van der Waals surface area contributed by atoms with Gasteiger partial charge in [0, 0.05) is 6.42 Å². The molecule has 0 aliphatic heterocycles. The van der Waals surface area contributed by atoms with Crippen LogP contribution in [0.15, 0.2) is 36.4 Å². The van der Waals surface area contributed by atoms with Crippen molar-refractivity contribution in [3.63, 3.8) is 0 Å². The fraction of sp³-hybridized carbons (Fsp3) is 0.278. The van der Waals surface area contributed by atoms with Crippen LogP contribution in [0.2, 0.25) is 0 Å². The number of carboxylic acids is 1. The first kappa shape index (κ1) is 13.8. The molecule has 3 heteroatoms. The molecule has 0 fully saturated rings. The Balaban J connectivity index is 1.97. The molecule has 1 aliphatic rings. The molecule has 0 amide bonds. The average molecular weight is 284 g/mol. The Morgan fingerprint density at radius 3 is 2.43 bits per heavy atom. The molecular formula is C18H17FO2. The van der Waals surface area contributed by atoms with Crippen molar-refractivity contribution < 1.29 is 14.3 Å². The maximum absolute atomic E-state index is 14.2. The van der Waals surface area contributed by atoms with E-state index in [1.165, 1.54) is 5.56 Å². The van der Waals surface area contributed by atoms with Crippen LogP contribution >= 0.6 is 0 Å². The maximum atomic E-state index is 14.2. The smallest absolute Gasteiger partial charge is 0.335 e. The summed E-state index contributed by atoms with van der Waals surface area (Å²) in [5.41, 5.74) is 3.80. The Morgan fingerprint density at radius 2 is 1.71 bits per heavy atom. The highest BCUT2D eigenvalue weighted by Gasteiger charge is 2.16. The van der Waals surface area contributed by atoms with Crippen molar-refractivity contribution in [2.24, 2.45) is 0 Å². The molecule has 1 N–H and O–H groups in total. The van der Waals surface area contributed by atoms with Crippen LogP contribution < -0.4 is 0 Å². The lowest BCUT2D eigenvalue weighted by Gasteiger charge is -2.17. The maximum Gasteiger partial charge on any atom is 0.335 e. The van der Waals surface area contributed by atoms with E-state index in [-0.39, 0.29) is 11.4 Å². The molecule has 0 spiro atoms. The van der Waals surface area contributed by atoms with Gasteiger partial charge in [0.05, 0.1) is 5.56 Å². The van der Waals surface area contributed by atoms with Gasteiger partial charge in [0.1, 0.15) is 5.82 Å². The molecule has 108 valence electrons. The molecule has 0 unspecified atom stereocenters. The second kappa shape index (κ2) is 5.68. The van der Waals surface area contributed by atoms with Gasteiger partial charge in [-0.1, -0.05) is 24.3 Å². The van der Waals surface area contributed by atoms with E-state index >= 15 is 0 Å². The first-order valence-electron chi connectivity index (χ1n) is 7.26. The molecule has 0 atom stereocenters. The Hall–Kier alpha value is -2.16. The van der Waals surface area contributed by atoms with Crippen molar-refractivity contribution in [3.05, 3.63) is 70.0 Å². The zero-order chi connectivity index (χ0) is 14.8. The summed E-state index contributed by atoms with van der Waals surface area (Å²) in [4.78, 5) is 11.2. The molecule has 2 aromatic rings. The number of aromatic carboxylic acids is 1. The third-order valence-corrected chi connectivity index (χ3v) is 4.14. The van der Waals surface area contributed by atoms with Crippen molar-refractivity contribution in [2.75, 3.05) is 0 Å². The van der Waals surface area contributed by atoms with E-state index in [1.807, 2.05) is 6.07 Å². The fourth-order valence-corrected chi connectivity index (χ4v) is 3.03. The standard InChI is InChI=1S/C18H17FO2/c19-17-11-13-6-2-1-5-12(13)9-15(17)10-14-7-3-4-8-16(14)18(20)21/h3-4,7-9,11H,1-2,5-6,10H2,(H,20,21). The largest absolute Gasteiger partial charge is 0.478 e. The summed E-state index contributed by atoms with van der Waals surface area (Å²) < 4.78 is 14.2. The minimum atomic E-state index is -0.969. The third kappa shape index (κ3) is 2.82. The van der Waals surface area contributed by atoms with Gasteiger partial charge < -0.3 is 5.11 Å². The van der Waals surface area contributed by atoms with Crippen LogP contribution in [0.4, 0.5) is 4.39 Å². The van der Waals surface area contributed by atoms with E-state index in [4.69, 9.17) is 0 Å². The highest BCUT2D eigenvalue weighted by atomic mass is 19.1. The summed E-state index contributed by atoms with van der Waals surface area (Å²) in [7, 11) is 0. The number of hydrogen-bond acceptors (Lipinski definition) is 1. The number of hydrogen-bond donors (Lipinski definition) is 1. The van der Waals surface area contributed by atoms with Gasteiger partial charge in [0.2, 0.25) is 0 Å². The van der Waals surface area contributed by atoms with Gasteiger partial charge in [0.25, 0.3) is 0 Å². The Kier molecular flexibility index (Phi) is 3.74. The normalized spacial score (nSPS) is 13.8. The number of carbonyl (C=O) groups is 1. The van der Waals surface area contributed by atoms with Gasteiger partial charge in [-0.3, -0.25) is 0 Å². The summed E-state index contributed by atoms with van der Waals surface area (Å²) in [6.07, 6.45) is 4.51. The molecule has 0 heterocycles. The van der Waals surface area contributed by atoms with E-state index in [0.29, 0.717) is 17.5 Å². The highest BCUT2D eigenvalue weighted by molar-refractivity contribution is 5.89. The second-order valence-electron chi connectivity index (χ2n) is 5.56. The molecule has 2 nitrogen and oxygen atoms in total. The lowest BCUT2D eigenvalue weighted by Crippen LogP contribution is -2.07. The number of aryl methyl sites for hydroxylation is 2. The summed E-state index contributed by atoms with van der Waals surface area (Å²) in [5.74, 6) is -1.19. The van der Waals surface area contributed by atoms with E-state index in [1.54, 1.807) is 30.3 Å². The van der Waals surface area contributed by atoms with Crippen molar-refractivity contribution >= 4 is 5.97 Å². The van der Waals surface area contributed by atoms with Crippen molar-refractivity contribution in [1.82, 2.24) is 0 Å². The lowest BCUT2D eigenvalue weighted by molar-refractivity contribution is 0.0696. The summed E-state index contributed by atoms with van der Waals surface area (Å²) in [5, 5.41) is 9.21. The second-order valence-corrected chi connectivity index (χ2v) is 5.56. The molecule has 2 aromatic carbocycles. The number of rotatable bonds is 3. The van der Waals surface area contributed by atoms with E-state index in [2.05, 4.69) is 0 Å². The quantitative estimate of drug-likeness (QED) is 0.925. The van der Waals surface area contributed by atoms with Gasteiger partial charge in [-0.05, 0) is 60.1 Å². The van der Waals surface area contributed by atoms with Crippen molar-refractivity contribution in [3.8, 4) is 0 Å². The number of fused-ring (bicyclic) bond motifs is 1. The fourth-order valence-electron chi connectivity index (χ4n) is 3.03. The third-order valence-electron chi connectivity index (χ3n) is 4.14. The van der Waals surface area contributed by atoms with Gasteiger partial charge in [-0.25, -0.2) is 9.18 Å². The molecule has 0 saturated heterocycles. The molecule has 3 rings (SSSR count). The van der Waals surface area contributed by atoms with Gasteiger partial charge in [0.15, 0.2) is 0 Å². The Morgan fingerprint density at radius 1 is 1.05 bits per heavy atom. The lowest BCUT2D eigenvalue weighted by atomic mass is 9.88. The van der Waals surface area contributed by atoms with Gasteiger partial charge in [-0.15, -0.1) is 0 Å². The topological polar surface area (TPSA) is 37.3 Å². The highest BCUT2D eigenvalue weighted by Crippen LogP contribution is 2.26. The SMILES string of the molecule is O=C(O)c1ccccc1Cc1cc2c(cc1F)CCCC2. The molecule has 0 bridgehead atoms. The van der Waals surface area contributed by atoms with Crippen LogP contribution in [0, 0.1) is 5.82 Å². The van der Waals surface area contributed by atoms with E-state index in [9.17, 15) is 14.3 Å². The molecule has 0 aromatic heterocycles. The Labute approximate surface area is 123 Å². The average Bonchev–Trinajstić information content (AvgIpc) is 2.48. The van der Waals surface area contributed by atoms with Crippen LogP contribution in [-0.2, 0) is 19.3 Å². The van der Waals surface area contributed by atoms with Crippen LogP contribution in [-0.4, -0.2) is 11.1 Å². The summed E-state index contributed by atoms with van der Waals surface area (Å²) in [6, 6.07) is 10.3. The first-order chi connectivity index (χ1) is 10.1. The van der Waals surface area contributed by atoms with Crippen LogP contribution in [0.1, 0.15) is 45.5 Å². The summed E-state index contributed by atoms with van der Waals surface area (Å²) in [6.45, 7) is 0. The number of halogens is 1. The van der Waals surface area contributed by atoms with Crippen LogP contribution in [0.25, 0.3) is 0 Å².